The van der Waals surface area contributed by atoms with Crippen LogP contribution in [0.1, 0.15) is 49.0 Å². The minimum atomic E-state index is -0.794. The number of aromatic nitrogens is 5. The Bertz CT molecular complexity index is 1680. The molecule has 1 aliphatic heterocycles. The Morgan fingerprint density at radius 1 is 0.867 bits per heavy atom. The highest BCUT2D eigenvalue weighted by atomic mass is 16.6. The summed E-state index contributed by atoms with van der Waals surface area (Å²) in [6, 6.07) is 12.9. The van der Waals surface area contributed by atoms with Gasteiger partial charge < -0.3 is 28.7 Å². The van der Waals surface area contributed by atoms with Gasteiger partial charge in [0.05, 0.1) is 55.0 Å². The van der Waals surface area contributed by atoms with E-state index in [1.54, 1.807) is 69.5 Å². The number of dihydropyridines is 1. The highest BCUT2D eigenvalue weighted by Gasteiger charge is 2.38. The molecule has 0 radical (unpaired) electrons. The lowest BCUT2D eigenvalue weighted by Crippen LogP contribution is -2.33. The van der Waals surface area contributed by atoms with E-state index < -0.39 is 23.8 Å². The van der Waals surface area contributed by atoms with Gasteiger partial charge in [0.25, 0.3) is 0 Å². The number of pyridine rings is 1. The summed E-state index contributed by atoms with van der Waals surface area (Å²) in [5, 5.41) is 3.08. The molecule has 4 aromatic rings. The summed E-state index contributed by atoms with van der Waals surface area (Å²) < 4.78 is 19.8. The predicted molar refractivity (Wildman–Crippen MR) is 162 cm³/mol. The molecule has 0 fully saturated rings. The molecule has 4 heterocycles. The van der Waals surface area contributed by atoms with Gasteiger partial charge in [-0.25, -0.2) is 19.6 Å². The molecular weight excluding hydrogens is 576 g/mol. The fourth-order valence-electron chi connectivity index (χ4n) is 5.36. The second kappa shape index (κ2) is 14.3. The Hall–Kier alpha value is -5.52. The number of hydrogen-bond acceptors (Lipinski definition) is 10. The van der Waals surface area contributed by atoms with E-state index in [1.807, 2.05) is 39.6 Å². The zero-order valence-corrected chi connectivity index (χ0v) is 25.3. The molecule has 1 aromatic carbocycles. The molecule has 0 amide bonds. The molecule has 2 atom stereocenters. The Morgan fingerprint density at radius 3 is 2.22 bits per heavy atom. The molecule has 12 heteroatoms. The van der Waals surface area contributed by atoms with Gasteiger partial charge in [-0.3, -0.25) is 9.78 Å². The summed E-state index contributed by atoms with van der Waals surface area (Å²) in [6.45, 7) is 3.83. The lowest BCUT2D eigenvalue weighted by Gasteiger charge is -2.29. The van der Waals surface area contributed by atoms with E-state index in [1.165, 1.54) is 7.11 Å². The van der Waals surface area contributed by atoms with Crippen LogP contribution in [0.25, 0.3) is 0 Å². The van der Waals surface area contributed by atoms with E-state index in [0.29, 0.717) is 23.6 Å². The first-order valence-electron chi connectivity index (χ1n) is 14.4. The summed E-state index contributed by atoms with van der Waals surface area (Å²) in [4.78, 5) is 51.6. The fraction of sp³-hybridized carbons (Fsp3) is 0.273. The van der Waals surface area contributed by atoms with Crippen molar-refractivity contribution in [1.29, 1.82) is 0 Å². The van der Waals surface area contributed by atoms with Crippen LogP contribution in [0.4, 0.5) is 0 Å². The number of hydrogen-bond donors (Lipinski definition) is 1. The van der Waals surface area contributed by atoms with Crippen LogP contribution in [0, 0.1) is 0 Å². The Labute approximate surface area is 260 Å². The minimum Gasteiger partial charge on any atom is -0.466 e. The lowest BCUT2D eigenvalue weighted by molar-refractivity contribution is -0.150. The maximum absolute atomic E-state index is 13.4. The highest BCUT2D eigenvalue weighted by Crippen LogP contribution is 2.38. The molecular formula is C33H34N6O6. The predicted octanol–water partition coefficient (Wildman–Crippen LogP) is 3.70. The third-order valence-electron chi connectivity index (χ3n) is 7.48. The number of nitrogens with zero attached hydrogens (tertiary/aromatic N) is 5. The van der Waals surface area contributed by atoms with Gasteiger partial charge in [-0.2, -0.15) is 0 Å². The van der Waals surface area contributed by atoms with Gasteiger partial charge in [0.2, 0.25) is 0 Å². The first kappa shape index (κ1) is 30.9. The van der Waals surface area contributed by atoms with E-state index in [0.717, 1.165) is 11.1 Å². The van der Waals surface area contributed by atoms with E-state index in [-0.39, 0.29) is 36.8 Å². The van der Waals surface area contributed by atoms with E-state index in [9.17, 15) is 14.4 Å². The van der Waals surface area contributed by atoms with Crippen molar-refractivity contribution < 1.29 is 28.6 Å². The van der Waals surface area contributed by atoms with Crippen molar-refractivity contribution in [3.05, 3.63) is 125 Å². The van der Waals surface area contributed by atoms with Crippen LogP contribution < -0.4 is 5.32 Å². The van der Waals surface area contributed by atoms with Gasteiger partial charge in [-0.15, -0.1) is 0 Å². The summed E-state index contributed by atoms with van der Waals surface area (Å²) in [6.07, 6.45) is 12.1. The van der Waals surface area contributed by atoms with E-state index in [4.69, 9.17) is 14.2 Å². The molecule has 12 nitrogen and oxygen atoms in total. The second-order valence-corrected chi connectivity index (χ2v) is 10.4. The van der Waals surface area contributed by atoms with Gasteiger partial charge >= 0.3 is 17.9 Å². The summed E-state index contributed by atoms with van der Waals surface area (Å²) in [5.41, 5.74) is 4.08. The summed E-state index contributed by atoms with van der Waals surface area (Å²) in [7, 11) is 1.28. The fourth-order valence-corrected chi connectivity index (χ4v) is 5.36. The van der Waals surface area contributed by atoms with Gasteiger partial charge in [-0.05, 0) is 37.1 Å². The van der Waals surface area contributed by atoms with Crippen LogP contribution in [0.2, 0.25) is 0 Å². The van der Waals surface area contributed by atoms with Crippen molar-refractivity contribution in [3.63, 3.8) is 0 Å². The van der Waals surface area contributed by atoms with Gasteiger partial charge in [0, 0.05) is 48.9 Å². The molecule has 0 saturated heterocycles. The lowest BCUT2D eigenvalue weighted by atomic mass is 9.83. The van der Waals surface area contributed by atoms with Crippen molar-refractivity contribution in [2.24, 2.45) is 0 Å². The number of allylic oxidation sites excluding steroid dienone is 2. The highest BCUT2D eigenvalue weighted by molar-refractivity contribution is 5.99. The Morgan fingerprint density at radius 2 is 1.58 bits per heavy atom. The minimum absolute atomic E-state index is 0.0493. The molecule has 1 N–H and O–H groups in total. The summed E-state index contributed by atoms with van der Waals surface area (Å²) >= 11 is 0. The molecule has 0 aliphatic carbocycles. The Balaban J connectivity index is 1.21. The molecule has 3 aromatic heterocycles. The standard InChI is InChI=1S/C33H34N6O6/c1-22-29(32(41)43-3)31(26-6-4-5-11-36-26)30(23(2)37-22)33(42)45-17-16-44-28(40)18-27(39-15-13-35-21-39)25-9-7-24(8-10-25)19-38-14-12-34-20-38/h4-15,20-21,27,31,37H,16-19H2,1-3H3. The van der Waals surface area contributed by atoms with E-state index >= 15 is 0 Å². The van der Waals surface area contributed by atoms with Crippen molar-refractivity contribution >= 4 is 17.9 Å². The molecule has 232 valence electrons. The van der Waals surface area contributed by atoms with Crippen LogP contribution in [0.3, 0.4) is 0 Å². The quantitative estimate of drug-likeness (QED) is 0.144. The van der Waals surface area contributed by atoms with Gasteiger partial charge in [0.15, 0.2) is 0 Å². The normalized spacial score (nSPS) is 15.3. The average molecular weight is 611 g/mol. The van der Waals surface area contributed by atoms with Crippen LogP contribution >= 0.6 is 0 Å². The first-order valence-corrected chi connectivity index (χ1v) is 14.4. The number of ether oxygens (including phenoxy) is 3. The SMILES string of the molecule is COC(=O)C1=C(C)NC(C)=C(C(=O)OCCOC(=O)CC(c2ccc(Cn3ccnc3)cc2)n2ccnc2)C1c1ccccn1. The third kappa shape index (κ3) is 7.35. The Kier molecular flexibility index (Phi) is 9.83. The molecule has 0 saturated carbocycles. The zero-order valence-electron chi connectivity index (χ0n) is 25.3. The number of rotatable bonds is 12. The van der Waals surface area contributed by atoms with Gasteiger partial charge in [-0.1, -0.05) is 30.3 Å². The smallest absolute Gasteiger partial charge is 0.336 e. The number of benzene rings is 1. The molecule has 0 bridgehead atoms. The van der Waals surface area contributed by atoms with Crippen molar-refractivity contribution in [2.45, 2.75) is 38.8 Å². The average Bonchev–Trinajstić information content (AvgIpc) is 3.77. The van der Waals surface area contributed by atoms with Crippen LogP contribution in [-0.4, -0.2) is 62.3 Å². The largest absolute Gasteiger partial charge is 0.466 e. The maximum atomic E-state index is 13.4. The van der Waals surface area contributed by atoms with Crippen molar-refractivity contribution in [2.75, 3.05) is 20.3 Å². The number of carbonyl (C=O) groups excluding carboxylic acids is 3. The third-order valence-corrected chi connectivity index (χ3v) is 7.48. The number of nitrogens with one attached hydrogen (secondary N) is 1. The molecule has 5 rings (SSSR count). The van der Waals surface area contributed by atoms with E-state index in [2.05, 4.69) is 20.3 Å². The van der Waals surface area contributed by atoms with Crippen LogP contribution in [-0.2, 0) is 35.1 Å². The summed E-state index contributed by atoms with van der Waals surface area (Å²) in [5.74, 6) is -2.49. The number of imidazole rings is 2. The molecule has 1 aliphatic rings. The maximum Gasteiger partial charge on any atom is 0.336 e. The second-order valence-electron chi connectivity index (χ2n) is 10.4. The number of esters is 3. The topological polar surface area (TPSA) is 139 Å². The monoisotopic (exact) mass is 610 g/mol. The van der Waals surface area contributed by atoms with Gasteiger partial charge in [0.1, 0.15) is 13.2 Å². The zero-order chi connectivity index (χ0) is 31.8. The number of carbonyl (C=O) groups is 3. The molecule has 2 unspecified atom stereocenters. The van der Waals surface area contributed by atoms with Crippen molar-refractivity contribution in [1.82, 2.24) is 29.4 Å². The molecule has 45 heavy (non-hydrogen) atoms. The van der Waals surface area contributed by atoms with Crippen LogP contribution in [0.15, 0.2) is 109 Å². The molecule has 0 spiro atoms. The number of methoxy groups -OCH3 is 1. The van der Waals surface area contributed by atoms with Crippen molar-refractivity contribution in [3.8, 4) is 0 Å². The van der Waals surface area contributed by atoms with Crippen LogP contribution in [0.5, 0.6) is 0 Å². The first-order chi connectivity index (χ1) is 21.9.